The van der Waals surface area contributed by atoms with Gasteiger partial charge in [-0.15, -0.1) is 0 Å². The standard InChI is InChI=1S/C13H10BrF2N3O/c14-7-3-9(6-18-5-7)19-12(13(17)20)10-4-8(15)1-2-11(10)16/h1-6,12,19H,(H2,17,20)/t12-/m1/s1. The molecule has 0 spiro atoms. The molecule has 1 heterocycles. The van der Waals surface area contributed by atoms with Gasteiger partial charge < -0.3 is 11.1 Å². The van der Waals surface area contributed by atoms with Gasteiger partial charge in [-0.3, -0.25) is 9.78 Å². The Bertz CT molecular complexity index is 651. The zero-order valence-electron chi connectivity index (χ0n) is 10.1. The number of nitrogens with one attached hydrogen (secondary N) is 1. The minimum Gasteiger partial charge on any atom is -0.369 e. The Hall–Kier alpha value is -2.02. The summed E-state index contributed by atoms with van der Waals surface area (Å²) in [6.45, 7) is 0. The Labute approximate surface area is 122 Å². The van der Waals surface area contributed by atoms with E-state index in [1.807, 2.05) is 0 Å². The first kappa shape index (κ1) is 14.4. The van der Waals surface area contributed by atoms with E-state index in [9.17, 15) is 13.6 Å². The van der Waals surface area contributed by atoms with Crippen LogP contribution in [0.5, 0.6) is 0 Å². The lowest BCUT2D eigenvalue weighted by Crippen LogP contribution is -2.28. The monoisotopic (exact) mass is 341 g/mol. The number of carbonyl (C=O) groups is 1. The average Bonchev–Trinajstić information content (AvgIpc) is 2.39. The van der Waals surface area contributed by atoms with Gasteiger partial charge in [-0.25, -0.2) is 8.78 Å². The highest BCUT2D eigenvalue weighted by atomic mass is 79.9. The zero-order valence-corrected chi connectivity index (χ0v) is 11.7. The number of halogens is 3. The Kier molecular flexibility index (Phi) is 4.29. The molecule has 3 N–H and O–H groups in total. The van der Waals surface area contributed by atoms with Crippen molar-refractivity contribution in [1.82, 2.24) is 4.98 Å². The van der Waals surface area contributed by atoms with E-state index in [1.165, 1.54) is 6.20 Å². The highest BCUT2D eigenvalue weighted by Gasteiger charge is 2.22. The molecule has 104 valence electrons. The van der Waals surface area contributed by atoms with Crippen molar-refractivity contribution < 1.29 is 13.6 Å². The van der Waals surface area contributed by atoms with Gasteiger partial charge in [-0.2, -0.15) is 0 Å². The van der Waals surface area contributed by atoms with E-state index in [4.69, 9.17) is 5.73 Å². The van der Waals surface area contributed by atoms with Crippen LogP contribution in [0.2, 0.25) is 0 Å². The highest BCUT2D eigenvalue weighted by Crippen LogP contribution is 2.24. The van der Waals surface area contributed by atoms with Crippen molar-refractivity contribution in [3.63, 3.8) is 0 Å². The fourth-order valence-electron chi connectivity index (χ4n) is 1.70. The van der Waals surface area contributed by atoms with E-state index < -0.39 is 23.6 Å². The molecular weight excluding hydrogens is 332 g/mol. The van der Waals surface area contributed by atoms with E-state index in [1.54, 1.807) is 12.3 Å². The fourth-order valence-corrected chi connectivity index (χ4v) is 2.06. The lowest BCUT2D eigenvalue weighted by atomic mass is 10.1. The maximum atomic E-state index is 13.7. The molecule has 2 rings (SSSR count). The minimum atomic E-state index is -1.19. The van der Waals surface area contributed by atoms with Gasteiger partial charge in [0.2, 0.25) is 5.91 Å². The summed E-state index contributed by atoms with van der Waals surface area (Å²) in [4.78, 5) is 15.4. The molecule has 1 aromatic carbocycles. The number of primary amides is 1. The van der Waals surface area contributed by atoms with Gasteiger partial charge in [0, 0.05) is 16.2 Å². The summed E-state index contributed by atoms with van der Waals surface area (Å²) in [5.74, 6) is -2.19. The van der Waals surface area contributed by atoms with Crippen LogP contribution in [-0.4, -0.2) is 10.9 Å². The lowest BCUT2D eigenvalue weighted by molar-refractivity contribution is -0.118. The molecule has 0 saturated heterocycles. The maximum Gasteiger partial charge on any atom is 0.244 e. The second kappa shape index (κ2) is 5.96. The van der Waals surface area contributed by atoms with Crippen molar-refractivity contribution in [2.75, 3.05) is 5.32 Å². The van der Waals surface area contributed by atoms with Crippen LogP contribution in [0.3, 0.4) is 0 Å². The molecule has 0 fully saturated rings. The quantitative estimate of drug-likeness (QED) is 0.898. The van der Waals surface area contributed by atoms with E-state index in [0.29, 0.717) is 10.2 Å². The van der Waals surface area contributed by atoms with Gasteiger partial charge >= 0.3 is 0 Å². The number of hydrogen-bond donors (Lipinski definition) is 2. The third kappa shape index (κ3) is 3.30. The highest BCUT2D eigenvalue weighted by molar-refractivity contribution is 9.10. The van der Waals surface area contributed by atoms with Crippen LogP contribution in [0.4, 0.5) is 14.5 Å². The maximum absolute atomic E-state index is 13.7. The number of anilines is 1. The van der Waals surface area contributed by atoms with Crippen LogP contribution in [0.15, 0.2) is 41.1 Å². The van der Waals surface area contributed by atoms with Crippen LogP contribution in [-0.2, 0) is 4.79 Å². The van der Waals surface area contributed by atoms with Gasteiger partial charge in [0.05, 0.1) is 11.9 Å². The largest absolute Gasteiger partial charge is 0.369 e. The Morgan fingerprint density at radius 2 is 2.05 bits per heavy atom. The summed E-state index contributed by atoms with van der Waals surface area (Å²) in [5.41, 5.74) is 5.55. The molecule has 4 nitrogen and oxygen atoms in total. The Morgan fingerprint density at radius 3 is 2.70 bits per heavy atom. The van der Waals surface area contributed by atoms with Crippen molar-refractivity contribution in [2.45, 2.75) is 6.04 Å². The molecule has 0 unspecified atom stereocenters. The third-order valence-corrected chi connectivity index (χ3v) is 3.00. The molecule has 0 aliphatic carbocycles. The molecule has 0 aliphatic heterocycles. The molecule has 1 amide bonds. The summed E-state index contributed by atoms with van der Waals surface area (Å²) in [6.07, 6.45) is 2.99. The summed E-state index contributed by atoms with van der Waals surface area (Å²) in [7, 11) is 0. The summed E-state index contributed by atoms with van der Waals surface area (Å²) < 4.78 is 27.6. The second-order valence-corrected chi connectivity index (χ2v) is 4.95. The first-order chi connectivity index (χ1) is 9.47. The molecular formula is C13H10BrF2N3O. The van der Waals surface area contributed by atoms with Gasteiger partial charge in [0.15, 0.2) is 0 Å². The first-order valence-corrected chi connectivity index (χ1v) is 6.38. The number of nitrogens with two attached hydrogens (primary N) is 1. The van der Waals surface area contributed by atoms with Gasteiger partial charge in [-0.05, 0) is 40.2 Å². The van der Waals surface area contributed by atoms with E-state index in [0.717, 1.165) is 18.2 Å². The average molecular weight is 342 g/mol. The van der Waals surface area contributed by atoms with Gasteiger partial charge in [0.25, 0.3) is 0 Å². The van der Waals surface area contributed by atoms with Crippen molar-refractivity contribution in [2.24, 2.45) is 5.73 Å². The molecule has 0 aliphatic rings. The number of aromatic nitrogens is 1. The Balaban J connectivity index is 2.37. The molecule has 1 atom stereocenters. The lowest BCUT2D eigenvalue weighted by Gasteiger charge is -2.17. The Morgan fingerprint density at radius 1 is 1.30 bits per heavy atom. The second-order valence-electron chi connectivity index (χ2n) is 4.04. The predicted octanol–water partition coefficient (Wildman–Crippen LogP) is 2.76. The van der Waals surface area contributed by atoms with Crippen molar-refractivity contribution in [1.29, 1.82) is 0 Å². The molecule has 1 aromatic heterocycles. The number of nitrogens with zero attached hydrogens (tertiary/aromatic N) is 1. The number of benzene rings is 1. The number of hydrogen-bond acceptors (Lipinski definition) is 3. The predicted molar refractivity (Wildman–Crippen MR) is 73.9 cm³/mol. The number of carbonyl (C=O) groups excluding carboxylic acids is 1. The summed E-state index contributed by atoms with van der Waals surface area (Å²) in [5, 5.41) is 2.73. The van der Waals surface area contributed by atoms with E-state index in [2.05, 4.69) is 26.2 Å². The molecule has 20 heavy (non-hydrogen) atoms. The topological polar surface area (TPSA) is 68.0 Å². The molecule has 2 aromatic rings. The van der Waals surface area contributed by atoms with Crippen LogP contribution in [0.25, 0.3) is 0 Å². The summed E-state index contributed by atoms with van der Waals surface area (Å²) in [6, 6.07) is 3.30. The van der Waals surface area contributed by atoms with Crippen molar-refractivity contribution in [3.8, 4) is 0 Å². The van der Waals surface area contributed by atoms with E-state index in [-0.39, 0.29) is 5.56 Å². The molecule has 0 radical (unpaired) electrons. The van der Waals surface area contributed by atoms with Crippen molar-refractivity contribution >= 4 is 27.5 Å². The SMILES string of the molecule is NC(=O)[C@H](Nc1cncc(Br)c1)c1cc(F)ccc1F. The number of amides is 1. The van der Waals surface area contributed by atoms with Gasteiger partial charge in [0.1, 0.15) is 17.7 Å². The van der Waals surface area contributed by atoms with Crippen LogP contribution in [0, 0.1) is 11.6 Å². The minimum absolute atomic E-state index is 0.155. The van der Waals surface area contributed by atoms with E-state index >= 15 is 0 Å². The molecule has 7 heteroatoms. The van der Waals surface area contributed by atoms with Crippen LogP contribution >= 0.6 is 15.9 Å². The van der Waals surface area contributed by atoms with Crippen LogP contribution in [0.1, 0.15) is 11.6 Å². The number of rotatable bonds is 4. The number of pyridine rings is 1. The molecule has 0 saturated carbocycles. The molecule has 0 bridgehead atoms. The zero-order chi connectivity index (χ0) is 14.7. The van der Waals surface area contributed by atoms with Gasteiger partial charge in [-0.1, -0.05) is 0 Å². The van der Waals surface area contributed by atoms with Crippen molar-refractivity contribution in [3.05, 3.63) is 58.3 Å². The normalized spacial score (nSPS) is 11.9. The summed E-state index contributed by atoms with van der Waals surface area (Å²) >= 11 is 3.22. The third-order valence-electron chi connectivity index (χ3n) is 2.57. The first-order valence-electron chi connectivity index (χ1n) is 5.58. The smallest absolute Gasteiger partial charge is 0.244 e. The van der Waals surface area contributed by atoms with Crippen LogP contribution < -0.4 is 11.1 Å². The fraction of sp³-hybridized carbons (Fsp3) is 0.0769.